The first-order valence-corrected chi connectivity index (χ1v) is 7.99. The van der Waals surface area contributed by atoms with Gasteiger partial charge in [-0.25, -0.2) is 12.8 Å². The number of anilines is 2. The molecular formula is C13H12BrFN2O3S. The number of aromatic hydroxyl groups is 1. The van der Waals surface area contributed by atoms with E-state index in [4.69, 9.17) is 5.73 Å². The zero-order chi connectivity index (χ0) is 15.8. The standard InChI is InChI=1S/C13H12BrFN2O3S/c1-17(8-3-2-4-9(18)5-8)21(19,20)13-7-12(16)10(14)6-11(13)15/h2-7,18H,16H2,1H3. The van der Waals surface area contributed by atoms with Crippen LogP contribution in [-0.4, -0.2) is 20.6 Å². The fourth-order valence-corrected chi connectivity index (χ4v) is 3.30. The summed E-state index contributed by atoms with van der Waals surface area (Å²) in [4.78, 5) is -0.533. The van der Waals surface area contributed by atoms with Gasteiger partial charge < -0.3 is 10.8 Å². The Morgan fingerprint density at radius 3 is 2.57 bits per heavy atom. The van der Waals surface area contributed by atoms with Gasteiger partial charge in [0, 0.05) is 23.3 Å². The van der Waals surface area contributed by atoms with E-state index in [9.17, 15) is 17.9 Å². The molecule has 0 aromatic heterocycles. The fraction of sp³-hybridized carbons (Fsp3) is 0.0769. The van der Waals surface area contributed by atoms with Crippen LogP contribution in [0.25, 0.3) is 0 Å². The summed E-state index contributed by atoms with van der Waals surface area (Å²) in [5, 5.41) is 9.41. The lowest BCUT2D eigenvalue weighted by atomic mass is 10.3. The minimum atomic E-state index is -4.13. The average Bonchev–Trinajstić information content (AvgIpc) is 2.41. The molecule has 21 heavy (non-hydrogen) atoms. The smallest absolute Gasteiger partial charge is 0.267 e. The highest BCUT2D eigenvalue weighted by Crippen LogP contribution is 2.30. The van der Waals surface area contributed by atoms with Gasteiger partial charge in [0.05, 0.1) is 5.69 Å². The van der Waals surface area contributed by atoms with Crippen molar-refractivity contribution in [2.75, 3.05) is 17.1 Å². The molecule has 0 atom stereocenters. The summed E-state index contributed by atoms with van der Waals surface area (Å²) < 4.78 is 40.0. The number of phenols is 1. The number of halogens is 2. The lowest BCUT2D eigenvalue weighted by Gasteiger charge is -2.20. The highest BCUT2D eigenvalue weighted by molar-refractivity contribution is 9.10. The van der Waals surface area contributed by atoms with Crippen molar-refractivity contribution in [2.45, 2.75) is 4.90 Å². The van der Waals surface area contributed by atoms with Gasteiger partial charge in [-0.05, 0) is 40.2 Å². The summed E-state index contributed by atoms with van der Waals surface area (Å²) in [6, 6.07) is 7.69. The van der Waals surface area contributed by atoms with Gasteiger partial charge >= 0.3 is 0 Å². The van der Waals surface area contributed by atoms with Gasteiger partial charge in [0.15, 0.2) is 0 Å². The maximum atomic E-state index is 13.9. The third-order valence-corrected chi connectivity index (χ3v) is 5.37. The molecule has 0 fully saturated rings. The first-order valence-electron chi connectivity index (χ1n) is 5.76. The van der Waals surface area contributed by atoms with Crippen molar-refractivity contribution in [3.63, 3.8) is 0 Å². The van der Waals surface area contributed by atoms with E-state index in [1.54, 1.807) is 0 Å². The molecule has 0 amide bonds. The number of hydrogen-bond acceptors (Lipinski definition) is 4. The molecule has 2 aromatic carbocycles. The van der Waals surface area contributed by atoms with Crippen molar-refractivity contribution >= 4 is 37.3 Å². The zero-order valence-corrected chi connectivity index (χ0v) is 13.3. The van der Waals surface area contributed by atoms with Gasteiger partial charge in [-0.2, -0.15) is 0 Å². The Bertz CT molecular complexity index is 796. The van der Waals surface area contributed by atoms with Crippen LogP contribution in [0.4, 0.5) is 15.8 Å². The second kappa shape index (κ2) is 5.53. The number of sulfonamides is 1. The van der Waals surface area contributed by atoms with E-state index in [1.807, 2.05) is 0 Å². The number of nitrogens with two attached hydrogens (primary N) is 1. The first kappa shape index (κ1) is 15.6. The van der Waals surface area contributed by atoms with E-state index in [0.29, 0.717) is 0 Å². The molecule has 0 saturated carbocycles. The van der Waals surface area contributed by atoms with Gasteiger partial charge in [-0.15, -0.1) is 0 Å². The lowest BCUT2D eigenvalue weighted by Crippen LogP contribution is -2.27. The third-order valence-electron chi connectivity index (χ3n) is 2.88. The van der Waals surface area contributed by atoms with Crippen LogP contribution in [0.3, 0.4) is 0 Å². The lowest BCUT2D eigenvalue weighted by molar-refractivity contribution is 0.475. The van der Waals surface area contributed by atoms with E-state index >= 15 is 0 Å². The molecule has 0 saturated heterocycles. The van der Waals surface area contributed by atoms with Crippen LogP contribution in [-0.2, 0) is 10.0 Å². The van der Waals surface area contributed by atoms with E-state index in [-0.39, 0.29) is 21.6 Å². The SMILES string of the molecule is CN(c1cccc(O)c1)S(=O)(=O)c1cc(N)c(Br)cc1F. The highest BCUT2D eigenvalue weighted by atomic mass is 79.9. The van der Waals surface area contributed by atoms with Crippen molar-refractivity contribution in [3.8, 4) is 5.75 Å². The molecule has 2 aromatic rings. The molecule has 0 aliphatic rings. The number of rotatable bonds is 3. The highest BCUT2D eigenvalue weighted by Gasteiger charge is 2.26. The Hall–Kier alpha value is -1.80. The van der Waals surface area contributed by atoms with E-state index in [1.165, 1.54) is 31.3 Å². The van der Waals surface area contributed by atoms with Crippen molar-refractivity contribution in [1.29, 1.82) is 0 Å². The normalized spacial score (nSPS) is 11.4. The first-order chi connectivity index (χ1) is 9.73. The van der Waals surface area contributed by atoms with Crippen LogP contribution in [0.15, 0.2) is 45.8 Å². The molecule has 0 heterocycles. The number of nitrogen functional groups attached to an aromatic ring is 1. The Morgan fingerprint density at radius 2 is 1.95 bits per heavy atom. The Balaban J connectivity index is 2.54. The third kappa shape index (κ3) is 2.96. The van der Waals surface area contributed by atoms with Crippen molar-refractivity contribution < 1.29 is 17.9 Å². The van der Waals surface area contributed by atoms with Gasteiger partial charge in [-0.1, -0.05) is 6.07 Å². The Morgan fingerprint density at radius 1 is 1.29 bits per heavy atom. The minimum Gasteiger partial charge on any atom is -0.508 e. The predicted octanol–water partition coefficient (Wildman–Crippen LogP) is 2.70. The molecule has 3 N–H and O–H groups in total. The quantitative estimate of drug-likeness (QED) is 0.808. The molecule has 2 rings (SSSR count). The van der Waals surface area contributed by atoms with Crippen LogP contribution in [0.1, 0.15) is 0 Å². The predicted molar refractivity (Wildman–Crippen MR) is 82.2 cm³/mol. The van der Waals surface area contributed by atoms with E-state index in [0.717, 1.165) is 16.4 Å². The summed E-state index contributed by atoms with van der Waals surface area (Å²) in [6.07, 6.45) is 0. The average molecular weight is 375 g/mol. The summed E-state index contributed by atoms with van der Waals surface area (Å²) in [7, 11) is -2.87. The molecule has 0 aliphatic heterocycles. The van der Waals surface area contributed by atoms with Crippen LogP contribution < -0.4 is 10.0 Å². The van der Waals surface area contributed by atoms with Gasteiger partial charge in [0.1, 0.15) is 16.5 Å². The van der Waals surface area contributed by atoms with Gasteiger partial charge in [0.25, 0.3) is 10.0 Å². The molecule has 8 heteroatoms. The fourth-order valence-electron chi connectivity index (χ4n) is 1.72. The summed E-state index contributed by atoms with van der Waals surface area (Å²) in [5.41, 5.74) is 5.93. The second-order valence-corrected chi connectivity index (χ2v) is 7.09. The summed E-state index contributed by atoms with van der Waals surface area (Å²) >= 11 is 3.03. The van der Waals surface area contributed by atoms with E-state index < -0.39 is 20.7 Å². The topological polar surface area (TPSA) is 83.6 Å². The summed E-state index contributed by atoms with van der Waals surface area (Å²) in [6.45, 7) is 0. The largest absolute Gasteiger partial charge is 0.508 e. The van der Waals surface area contributed by atoms with Gasteiger partial charge in [0.2, 0.25) is 0 Å². The zero-order valence-electron chi connectivity index (χ0n) is 10.9. The molecule has 0 bridgehead atoms. The monoisotopic (exact) mass is 374 g/mol. The molecule has 0 unspecified atom stereocenters. The van der Waals surface area contributed by atoms with Crippen molar-refractivity contribution in [1.82, 2.24) is 0 Å². The van der Waals surface area contributed by atoms with E-state index in [2.05, 4.69) is 15.9 Å². The van der Waals surface area contributed by atoms with Crippen LogP contribution in [0.5, 0.6) is 5.75 Å². The maximum absolute atomic E-state index is 13.9. The van der Waals surface area contributed by atoms with Crippen molar-refractivity contribution in [3.05, 3.63) is 46.7 Å². The minimum absolute atomic E-state index is 0.0923. The summed E-state index contributed by atoms with van der Waals surface area (Å²) in [5.74, 6) is -1.01. The molecule has 112 valence electrons. The number of benzene rings is 2. The van der Waals surface area contributed by atoms with Crippen LogP contribution in [0, 0.1) is 5.82 Å². The molecule has 0 aliphatic carbocycles. The molecule has 0 spiro atoms. The van der Waals surface area contributed by atoms with Crippen LogP contribution >= 0.6 is 15.9 Å². The van der Waals surface area contributed by atoms with Crippen LogP contribution in [0.2, 0.25) is 0 Å². The Labute approximate surface area is 130 Å². The molecule has 0 radical (unpaired) electrons. The maximum Gasteiger partial charge on any atom is 0.267 e. The number of hydrogen-bond donors (Lipinski definition) is 2. The molecule has 5 nitrogen and oxygen atoms in total. The molecular weight excluding hydrogens is 363 g/mol. The number of phenolic OH excluding ortho intramolecular Hbond substituents is 1. The van der Waals surface area contributed by atoms with Crippen molar-refractivity contribution in [2.24, 2.45) is 0 Å². The van der Waals surface area contributed by atoms with Gasteiger partial charge in [-0.3, -0.25) is 4.31 Å². The second-order valence-electron chi connectivity index (χ2n) is 4.30. The number of nitrogens with zero attached hydrogens (tertiary/aromatic N) is 1. The Kier molecular flexibility index (Phi) is 4.11.